The van der Waals surface area contributed by atoms with Crippen LogP contribution in [0.2, 0.25) is 0 Å². The average Bonchev–Trinajstić information content (AvgIpc) is 2.15. The van der Waals surface area contributed by atoms with E-state index in [1.54, 1.807) is 6.92 Å². The van der Waals surface area contributed by atoms with Gasteiger partial charge in [0, 0.05) is 0 Å². The van der Waals surface area contributed by atoms with Gasteiger partial charge in [-0.3, -0.25) is 4.79 Å². The standard InChI is InChI=1S/C14H26O3/c1-9(2)12-6-5-10(3)7-13(12)17-14(16)8-11(4)15/h9-13,15H,5-8H2,1-4H3/t10-,11+,12?,13-/m1/s1. The van der Waals surface area contributed by atoms with Crippen LogP contribution in [0.4, 0.5) is 0 Å². The first-order valence-electron chi connectivity index (χ1n) is 6.77. The fourth-order valence-corrected chi connectivity index (χ4v) is 2.71. The van der Waals surface area contributed by atoms with Crippen molar-refractivity contribution in [3.8, 4) is 0 Å². The molecule has 3 heteroatoms. The van der Waals surface area contributed by atoms with Crippen molar-refractivity contribution < 1.29 is 14.6 Å². The highest BCUT2D eigenvalue weighted by atomic mass is 16.5. The Morgan fingerprint density at radius 1 is 1.35 bits per heavy atom. The monoisotopic (exact) mass is 242 g/mol. The molecule has 1 fully saturated rings. The van der Waals surface area contributed by atoms with Gasteiger partial charge >= 0.3 is 5.97 Å². The molecule has 0 bridgehead atoms. The van der Waals surface area contributed by atoms with Gasteiger partial charge in [0.05, 0.1) is 12.5 Å². The first-order chi connectivity index (χ1) is 7.90. The number of ether oxygens (including phenoxy) is 1. The zero-order chi connectivity index (χ0) is 13.0. The van der Waals surface area contributed by atoms with E-state index in [9.17, 15) is 9.90 Å². The van der Waals surface area contributed by atoms with Gasteiger partial charge in [-0.1, -0.05) is 27.2 Å². The Kier molecular flexibility index (Phi) is 5.44. The van der Waals surface area contributed by atoms with E-state index < -0.39 is 6.10 Å². The smallest absolute Gasteiger partial charge is 0.308 e. The molecule has 17 heavy (non-hydrogen) atoms. The van der Waals surface area contributed by atoms with Gasteiger partial charge < -0.3 is 9.84 Å². The molecule has 100 valence electrons. The van der Waals surface area contributed by atoms with Crippen molar-refractivity contribution in [2.75, 3.05) is 0 Å². The van der Waals surface area contributed by atoms with E-state index in [4.69, 9.17) is 4.74 Å². The van der Waals surface area contributed by atoms with Crippen molar-refractivity contribution >= 4 is 5.97 Å². The lowest BCUT2D eigenvalue weighted by atomic mass is 9.75. The van der Waals surface area contributed by atoms with Gasteiger partial charge in [-0.2, -0.15) is 0 Å². The minimum Gasteiger partial charge on any atom is -0.462 e. The van der Waals surface area contributed by atoms with E-state index in [0.29, 0.717) is 17.8 Å². The third-order valence-corrected chi connectivity index (χ3v) is 3.71. The van der Waals surface area contributed by atoms with Gasteiger partial charge in [0.1, 0.15) is 6.10 Å². The molecule has 1 aliphatic rings. The maximum Gasteiger partial charge on any atom is 0.308 e. The Bertz CT molecular complexity index is 248. The highest BCUT2D eigenvalue weighted by molar-refractivity contribution is 5.70. The van der Waals surface area contributed by atoms with Crippen molar-refractivity contribution in [3.63, 3.8) is 0 Å². The SMILES string of the molecule is CC(C)C1CC[C@@H](C)C[C@H]1OC(=O)C[C@H](C)O. The fourth-order valence-electron chi connectivity index (χ4n) is 2.71. The van der Waals surface area contributed by atoms with E-state index in [-0.39, 0.29) is 18.5 Å². The lowest BCUT2D eigenvalue weighted by Gasteiger charge is -2.36. The third kappa shape index (κ3) is 4.66. The number of aliphatic hydroxyl groups is 1. The minimum absolute atomic E-state index is 0.0463. The lowest BCUT2D eigenvalue weighted by molar-refractivity contribution is -0.157. The van der Waals surface area contributed by atoms with Crippen molar-refractivity contribution in [2.45, 2.75) is 65.6 Å². The highest BCUT2D eigenvalue weighted by Gasteiger charge is 2.33. The number of esters is 1. The van der Waals surface area contributed by atoms with Crippen LogP contribution in [-0.4, -0.2) is 23.3 Å². The van der Waals surface area contributed by atoms with E-state index in [2.05, 4.69) is 20.8 Å². The van der Waals surface area contributed by atoms with Crippen LogP contribution in [0.1, 0.15) is 53.4 Å². The molecule has 1 N–H and O–H groups in total. The summed E-state index contributed by atoms with van der Waals surface area (Å²) >= 11 is 0. The van der Waals surface area contributed by atoms with Crippen LogP contribution < -0.4 is 0 Å². The second kappa shape index (κ2) is 6.39. The average molecular weight is 242 g/mol. The molecule has 0 saturated heterocycles. The molecule has 0 radical (unpaired) electrons. The summed E-state index contributed by atoms with van der Waals surface area (Å²) in [7, 11) is 0. The molecule has 0 spiro atoms. The van der Waals surface area contributed by atoms with Gasteiger partial charge in [-0.15, -0.1) is 0 Å². The van der Waals surface area contributed by atoms with Gasteiger partial charge in [0.2, 0.25) is 0 Å². The Morgan fingerprint density at radius 3 is 2.53 bits per heavy atom. The van der Waals surface area contributed by atoms with E-state index in [1.807, 2.05) is 0 Å². The topological polar surface area (TPSA) is 46.5 Å². The molecule has 0 heterocycles. The van der Waals surface area contributed by atoms with Crippen LogP contribution in [-0.2, 0) is 9.53 Å². The number of carbonyl (C=O) groups excluding carboxylic acids is 1. The summed E-state index contributed by atoms with van der Waals surface area (Å²) in [5, 5.41) is 9.18. The van der Waals surface area contributed by atoms with Crippen molar-refractivity contribution in [3.05, 3.63) is 0 Å². The molecule has 0 aromatic carbocycles. The number of hydrogen-bond acceptors (Lipinski definition) is 3. The van der Waals surface area contributed by atoms with Crippen LogP contribution >= 0.6 is 0 Å². The summed E-state index contributed by atoms with van der Waals surface area (Å²) in [6.45, 7) is 8.21. The molecule has 0 aliphatic heterocycles. The molecule has 1 rings (SSSR count). The molecule has 0 amide bonds. The number of aliphatic hydroxyl groups excluding tert-OH is 1. The molecule has 1 unspecified atom stereocenters. The zero-order valence-electron chi connectivity index (χ0n) is 11.5. The highest BCUT2D eigenvalue weighted by Crippen LogP contribution is 2.35. The Balaban J connectivity index is 2.54. The number of hydrogen-bond donors (Lipinski definition) is 1. The second-order valence-electron chi connectivity index (χ2n) is 5.91. The Labute approximate surface area is 105 Å². The molecular weight excluding hydrogens is 216 g/mol. The summed E-state index contributed by atoms with van der Waals surface area (Å²) in [4.78, 5) is 11.6. The molecule has 3 nitrogen and oxygen atoms in total. The van der Waals surface area contributed by atoms with Crippen LogP contribution in [0.15, 0.2) is 0 Å². The summed E-state index contributed by atoms with van der Waals surface area (Å²) in [6, 6.07) is 0. The second-order valence-corrected chi connectivity index (χ2v) is 5.91. The number of rotatable bonds is 4. The van der Waals surface area contributed by atoms with E-state index in [1.165, 1.54) is 6.42 Å². The molecule has 0 aromatic rings. The van der Waals surface area contributed by atoms with Crippen molar-refractivity contribution in [1.82, 2.24) is 0 Å². The first-order valence-corrected chi connectivity index (χ1v) is 6.77. The molecule has 1 saturated carbocycles. The molecule has 0 aromatic heterocycles. The summed E-state index contributed by atoms with van der Waals surface area (Å²) in [6.07, 6.45) is 2.88. The molecule has 1 aliphatic carbocycles. The normalized spacial score (nSPS) is 31.3. The Morgan fingerprint density at radius 2 is 2.00 bits per heavy atom. The summed E-state index contributed by atoms with van der Waals surface area (Å²) in [5.41, 5.74) is 0. The van der Waals surface area contributed by atoms with Crippen LogP contribution in [0, 0.1) is 17.8 Å². The lowest BCUT2D eigenvalue weighted by Crippen LogP contribution is -2.36. The van der Waals surface area contributed by atoms with Gasteiger partial charge in [0.25, 0.3) is 0 Å². The quantitative estimate of drug-likeness (QED) is 0.771. The number of carbonyl (C=O) groups is 1. The Hall–Kier alpha value is -0.570. The van der Waals surface area contributed by atoms with E-state index >= 15 is 0 Å². The minimum atomic E-state index is -0.610. The summed E-state index contributed by atoms with van der Waals surface area (Å²) in [5.74, 6) is 1.40. The van der Waals surface area contributed by atoms with Gasteiger partial charge in [0.15, 0.2) is 0 Å². The zero-order valence-corrected chi connectivity index (χ0v) is 11.5. The van der Waals surface area contributed by atoms with Gasteiger partial charge in [-0.25, -0.2) is 0 Å². The molecular formula is C14H26O3. The predicted octanol–water partition coefficient (Wildman–Crippen LogP) is 2.76. The molecule has 4 atom stereocenters. The van der Waals surface area contributed by atoms with Crippen LogP contribution in [0.3, 0.4) is 0 Å². The maximum atomic E-state index is 11.6. The largest absolute Gasteiger partial charge is 0.462 e. The van der Waals surface area contributed by atoms with Crippen LogP contribution in [0.5, 0.6) is 0 Å². The first kappa shape index (κ1) is 14.5. The summed E-state index contributed by atoms with van der Waals surface area (Å²) < 4.78 is 5.55. The van der Waals surface area contributed by atoms with Crippen molar-refractivity contribution in [2.24, 2.45) is 17.8 Å². The van der Waals surface area contributed by atoms with E-state index in [0.717, 1.165) is 12.8 Å². The predicted molar refractivity (Wildman–Crippen MR) is 67.5 cm³/mol. The van der Waals surface area contributed by atoms with Crippen molar-refractivity contribution in [1.29, 1.82) is 0 Å². The van der Waals surface area contributed by atoms with Gasteiger partial charge in [-0.05, 0) is 37.5 Å². The third-order valence-electron chi connectivity index (χ3n) is 3.71. The van der Waals surface area contributed by atoms with Crippen LogP contribution in [0.25, 0.3) is 0 Å². The maximum absolute atomic E-state index is 11.6. The fraction of sp³-hybridized carbons (Fsp3) is 0.929.